The van der Waals surface area contributed by atoms with Crippen molar-refractivity contribution in [3.63, 3.8) is 0 Å². The third-order valence-electron chi connectivity index (χ3n) is 3.88. The van der Waals surface area contributed by atoms with Gasteiger partial charge in [0.25, 0.3) is 0 Å². The molecule has 1 atom stereocenters. The smallest absolute Gasteiger partial charge is 0.0361 e. The summed E-state index contributed by atoms with van der Waals surface area (Å²) in [5, 5.41) is 3.48. The average Bonchev–Trinajstić information content (AvgIpc) is 2.43. The van der Waals surface area contributed by atoms with E-state index in [1.807, 2.05) is 0 Å². The van der Waals surface area contributed by atoms with E-state index >= 15 is 0 Å². The standard InChI is InChI=1S/C19H25N/c1-5-17-8-6-7-9-18(17)19(20-4)13-16-11-14(2)10-15(3)12-16/h6-12,19-20H,5,13H2,1-4H3. The summed E-state index contributed by atoms with van der Waals surface area (Å²) < 4.78 is 0. The third-order valence-corrected chi connectivity index (χ3v) is 3.88. The van der Waals surface area contributed by atoms with Gasteiger partial charge in [-0.05, 0) is 50.4 Å². The van der Waals surface area contributed by atoms with Crippen molar-refractivity contribution in [1.82, 2.24) is 5.32 Å². The SMILES string of the molecule is CCc1ccccc1C(Cc1cc(C)cc(C)c1)NC. The number of likely N-dealkylation sites (N-methyl/N-ethyl adjacent to an activating group) is 1. The minimum atomic E-state index is 0.382. The predicted octanol–water partition coefficient (Wildman–Crippen LogP) is 4.37. The fourth-order valence-electron chi connectivity index (χ4n) is 2.99. The van der Waals surface area contributed by atoms with Gasteiger partial charge in [-0.1, -0.05) is 60.5 Å². The van der Waals surface area contributed by atoms with Gasteiger partial charge in [0, 0.05) is 6.04 Å². The molecule has 0 fully saturated rings. The zero-order valence-corrected chi connectivity index (χ0v) is 13.0. The lowest BCUT2D eigenvalue weighted by atomic mass is 9.93. The van der Waals surface area contributed by atoms with Crippen molar-refractivity contribution in [1.29, 1.82) is 0 Å². The monoisotopic (exact) mass is 267 g/mol. The fraction of sp³-hybridized carbons (Fsp3) is 0.368. The Balaban J connectivity index is 2.28. The highest BCUT2D eigenvalue weighted by Gasteiger charge is 2.13. The van der Waals surface area contributed by atoms with E-state index in [0.29, 0.717) is 6.04 Å². The minimum Gasteiger partial charge on any atom is -0.313 e. The molecule has 0 amide bonds. The molecule has 0 aliphatic heterocycles. The van der Waals surface area contributed by atoms with Gasteiger partial charge in [-0.2, -0.15) is 0 Å². The van der Waals surface area contributed by atoms with E-state index in [4.69, 9.17) is 0 Å². The number of aryl methyl sites for hydroxylation is 3. The zero-order valence-electron chi connectivity index (χ0n) is 13.0. The lowest BCUT2D eigenvalue weighted by molar-refractivity contribution is 0.586. The van der Waals surface area contributed by atoms with E-state index in [1.165, 1.54) is 27.8 Å². The Morgan fingerprint density at radius 1 is 1.00 bits per heavy atom. The molecule has 0 saturated carbocycles. The quantitative estimate of drug-likeness (QED) is 0.848. The van der Waals surface area contributed by atoms with E-state index in [-0.39, 0.29) is 0 Å². The molecule has 0 aliphatic rings. The van der Waals surface area contributed by atoms with Crippen molar-refractivity contribution in [2.75, 3.05) is 7.05 Å². The largest absolute Gasteiger partial charge is 0.313 e. The summed E-state index contributed by atoms with van der Waals surface area (Å²) in [6.45, 7) is 6.57. The second-order valence-electron chi connectivity index (χ2n) is 5.59. The van der Waals surface area contributed by atoms with Crippen LogP contribution >= 0.6 is 0 Å². The van der Waals surface area contributed by atoms with Gasteiger partial charge in [0.05, 0.1) is 0 Å². The Hall–Kier alpha value is -1.60. The van der Waals surface area contributed by atoms with Crippen molar-refractivity contribution in [3.05, 3.63) is 70.3 Å². The van der Waals surface area contributed by atoms with E-state index in [9.17, 15) is 0 Å². The molecule has 0 heterocycles. The number of benzene rings is 2. The first-order chi connectivity index (χ1) is 9.63. The van der Waals surface area contributed by atoms with Gasteiger partial charge in [0.1, 0.15) is 0 Å². The van der Waals surface area contributed by atoms with Crippen LogP contribution in [0.25, 0.3) is 0 Å². The van der Waals surface area contributed by atoms with Crippen LogP contribution in [0.2, 0.25) is 0 Å². The van der Waals surface area contributed by atoms with Crippen LogP contribution in [0.4, 0.5) is 0 Å². The number of hydrogen-bond acceptors (Lipinski definition) is 1. The van der Waals surface area contributed by atoms with Crippen LogP contribution < -0.4 is 5.32 Å². The minimum absolute atomic E-state index is 0.382. The van der Waals surface area contributed by atoms with Crippen molar-refractivity contribution in [2.24, 2.45) is 0 Å². The number of hydrogen-bond donors (Lipinski definition) is 1. The molecule has 0 spiro atoms. The Morgan fingerprint density at radius 3 is 2.25 bits per heavy atom. The van der Waals surface area contributed by atoms with Crippen LogP contribution in [0.1, 0.15) is 40.8 Å². The van der Waals surface area contributed by atoms with Gasteiger partial charge in [-0.15, -0.1) is 0 Å². The van der Waals surface area contributed by atoms with Crippen molar-refractivity contribution >= 4 is 0 Å². The molecular weight excluding hydrogens is 242 g/mol. The molecule has 2 aromatic rings. The van der Waals surface area contributed by atoms with Crippen LogP contribution in [0.15, 0.2) is 42.5 Å². The summed E-state index contributed by atoms with van der Waals surface area (Å²) in [7, 11) is 2.06. The Kier molecular flexibility index (Phi) is 4.97. The Morgan fingerprint density at radius 2 is 1.65 bits per heavy atom. The maximum Gasteiger partial charge on any atom is 0.0361 e. The van der Waals surface area contributed by atoms with Crippen molar-refractivity contribution in [2.45, 2.75) is 39.7 Å². The highest BCUT2D eigenvalue weighted by molar-refractivity contribution is 5.34. The summed E-state index contributed by atoms with van der Waals surface area (Å²) in [6, 6.07) is 16.0. The van der Waals surface area contributed by atoms with Crippen molar-refractivity contribution < 1.29 is 0 Å². The number of nitrogens with one attached hydrogen (secondary N) is 1. The zero-order chi connectivity index (χ0) is 14.5. The highest BCUT2D eigenvalue weighted by Crippen LogP contribution is 2.23. The molecule has 0 bridgehead atoms. The Bertz CT molecular complexity index is 551. The van der Waals surface area contributed by atoms with E-state index < -0.39 is 0 Å². The Labute approximate surface area is 123 Å². The summed E-state index contributed by atoms with van der Waals surface area (Å²) in [4.78, 5) is 0. The lowest BCUT2D eigenvalue weighted by Crippen LogP contribution is -2.20. The van der Waals surface area contributed by atoms with E-state index in [1.54, 1.807) is 0 Å². The molecule has 1 heteroatoms. The molecule has 1 unspecified atom stereocenters. The topological polar surface area (TPSA) is 12.0 Å². The lowest BCUT2D eigenvalue weighted by Gasteiger charge is -2.20. The molecule has 0 radical (unpaired) electrons. The molecule has 20 heavy (non-hydrogen) atoms. The highest BCUT2D eigenvalue weighted by atomic mass is 14.9. The van der Waals surface area contributed by atoms with Crippen LogP contribution in [0.3, 0.4) is 0 Å². The average molecular weight is 267 g/mol. The van der Waals surface area contributed by atoms with Gasteiger partial charge in [0.2, 0.25) is 0 Å². The molecule has 2 aromatic carbocycles. The number of rotatable bonds is 5. The molecule has 1 N–H and O–H groups in total. The van der Waals surface area contributed by atoms with Gasteiger partial charge in [-0.25, -0.2) is 0 Å². The van der Waals surface area contributed by atoms with Crippen LogP contribution in [0, 0.1) is 13.8 Å². The van der Waals surface area contributed by atoms with E-state index in [0.717, 1.165) is 12.8 Å². The molecular formula is C19H25N. The fourth-order valence-corrected chi connectivity index (χ4v) is 2.99. The second kappa shape index (κ2) is 6.71. The summed E-state index contributed by atoms with van der Waals surface area (Å²) >= 11 is 0. The van der Waals surface area contributed by atoms with Gasteiger partial charge in [-0.3, -0.25) is 0 Å². The maximum atomic E-state index is 3.48. The maximum absolute atomic E-state index is 3.48. The second-order valence-corrected chi connectivity index (χ2v) is 5.59. The normalized spacial score (nSPS) is 12.4. The molecule has 106 valence electrons. The first-order valence-corrected chi connectivity index (χ1v) is 7.46. The van der Waals surface area contributed by atoms with E-state index in [2.05, 4.69) is 75.6 Å². The van der Waals surface area contributed by atoms with Crippen molar-refractivity contribution in [3.8, 4) is 0 Å². The first kappa shape index (κ1) is 14.8. The van der Waals surface area contributed by atoms with Gasteiger partial charge in [0.15, 0.2) is 0 Å². The summed E-state index contributed by atoms with van der Waals surface area (Å²) in [5.41, 5.74) is 6.97. The van der Waals surface area contributed by atoms with Gasteiger partial charge < -0.3 is 5.32 Å². The van der Waals surface area contributed by atoms with Crippen LogP contribution in [-0.4, -0.2) is 7.05 Å². The third kappa shape index (κ3) is 3.49. The molecule has 0 aromatic heterocycles. The molecule has 0 saturated heterocycles. The van der Waals surface area contributed by atoms with Crippen LogP contribution in [-0.2, 0) is 12.8 Å². The molecule has 2 rings (SSSR count). The summed E-state index contributed by atoms with van der Waals surface area (Å²) in [5.74, 6) is 0. The molecule has 0 aliphatic carbocycles. The first-order valence-electron chi connectivity index (χ1n) is 7.46. The predicted molar refractivity (Wildman–Crippen MR) is 87.2 cm³/mol. The molecule has 1 nitrogen and oxygen atoms in total. The van der Waals surface area contributed by atoms with Gasteiger partial charge >= 0.3 is 0 Å². The van der Waals surface area contributed by atoms with Crippen LogP contribution in [0.5, 0.6) is 0 Å². The summed E-state index contributed by atoms with van der Waals surface area (Å²) in [6.07, 6.45) is 2.12.